The second kappa shape index (κ2) is 6.59. The zero-order valence-corrected chi connectivity index (χ0v) is 14.0. The minimum absolute atomic E-state index is 0.319. The standard InChI is InChI=1S/C13H20N4O2S2/c1-4-7-14-8-11-5-6-13(20-11)21(18,19)16-12-9-17(3)15-10(12)2/h5-6,9,14,16H,4,7-8H2,1-3H3. The highest BCUT2D eigenvalue weighted by Crippen LogP contribution is 2.25. The van der Waals surface area contributed by atoms with E-state index in [1.54, 1.807) is 30.9 Å². The van der Waals surface area contributed by atoms with Gasteiger partial charge in [0.2, 0.25) is 0 Å². The van der Waals surface area contributed by atoms with Crippen LogP contribution in [0.25, 0.3) is 0 Å². The highest BCUT2D eigenvalue weighted by molar-refractivity contribution is 7.94. The fraction of sp³-hybridized carbons (Fsp3) is 0.462. The predicted molar refractivity (Wildman–Crippen MR) is 85.1 cm³/mol. The van der Waals surface area contributed by atoms with Gasteiger partial charge in [0, 0.05) is 24.7 Å². The first-order chi connectivity index (χ1) is 9.92. The van der Waals surface area contributed by atoms with E-state index < -0.39 is 10.0 Å². The number of sulfonamides is 1. The topological polar surface area (TPSA) is 76.0 Å². The van der Waals surface area contributed by atoms with Gasteiger partial charge in [-0.3, -0.25) is 9.40 Å². The SMILES string of the molecule is CCCNCc1ccc(S(=O)(=O)Nc2cn(C)nc2C)s1. The monoisotopic (exact) mass is 328 g/mol. The molecule has 0 spiro atoms. The van der Waals surface area contributed by atoms with Gasteiger partial charge in [-0.25, -0.2) is 8.42 Å². The number of aromatic nitrogens is 2. The fourth-order valence-electron chi connectivity index (χ4n) is 1.88. The average molecular weight is 328 g/mol. The molecule has 2 N–H and O–H groups in total. The van der Waals surface area contributed by atoms with E-state index in [4.69, 9.17) is 0 Å². The van der Waals surface area contributed by atoms with Crippen LogP contribution in [0.3, 0.4) is 0 Å². The zero-order valence-electron chi connectivity index (χ0n) is 12.4. The van der Waals surface area contributed by atoms with Crippen LogP contribution in [0.1, 0.15) is 23.9 Å². The van der Waals surface area contributed by atoms with Crippen LogP contribution >= 0.6 is 11.3 Å². The Morgan fingerprint density at radius 3 is 2.76 bits per heavy atom. The summed E-state index contributed by atoms with van der Waals surface area (Å²) in [6, 6.07) is 3.49. The van der Waals surface area contributed by atoms with Crippen molar-refractivity contribution in [3.8, 4) is 0 Å². The summed E-state index contributed by atoms with van der Waals surface area (Å²) in [5.41, 5.74) is 1.17. The van der Waals surface area contributed by atoms with Crippen molar-refractivity contribution in [3.05, 3.63) is 28.9 Å². The van der Waals surface area contributed by atoms with E-state index >= 15 is 0 Å². The van der Waals surface area contributed by atoms with Gasteiger partial charge in [-0.1, -0.05) is 6.92 Å². The first-order valence-corrected chi connectivity index (χ1v) is 9.05. The highest BCUT2D eigenvalue weighted by atomic mass is 32.2. The van der Waals surface area contributed by atoms with Gasteiger partial charge in [0.25, 0.3) is 10.0 Å². The summed E-state index contributed by atoms with van der Waals surface area (Å²) in [7, 11) is -1.79. The van der Waals surface area contributed by atoms with Crippen molar-refractivity contribution in [2.24, 2.45) is 7.05 Å². The van der Waals surface area contributed by atoms with E-state index in [1.807, 2.05) is 6.07 Å². The molecule has 0 saturated heterocycles. The normalized spacial score (nSPS) is 11.8. The summed E-state index contributed by atoms with van der Waals surface area (Å²) in [6.45, 7) is 5.48. The van der Waals surface area contributed by atoms with Gasteiger partial charge in [-0.2, -0.15) is 5.10 Å². The molecule has 0 aromatic carbocycles. The molecule has 0 bridgehead atoms. The van der Waals surface area contributed by atoms with Crippen molar-refractivity contribution >= 4 is 27.0 Å². The molecule has 0 atom stereocenters. The molecule has 0 amide bonds. The smallest absolute Gasteiger partial charge is 0.271 e. The second-order valence-corrected chi connectivity index (χ2v) is 7.88. The summed E-state index contributed by atoms with van der Waals surface area (Å²) in [5, 5.41) is 7.39. The Balaban J connectivity index is 2.11. The largest absolute Gasteiger partial charge is 0.312 e. The number of rotatable bonds is 7. The van der Waals surface area contributed by atoms with Crippen molar-refractivity contribution in [3.63, 3.8) is 0 Å². The number of nitrogens with one attached hydrogen (secondary N) is 2. The van der Waals surface area contributed by atoms with E-state index in [-0.39, 0.29) is 0 Å². The van der Waals surface area contributed by atoms with Gasteiger partial charge in [-0.15, -0.1) is 11.3 Å². The molecule has 2 heterocycles. The Morgan fingerprint density at radius 2 is 2.14 bits per heavy atom. The lowest BCUT2D eigenvalue weighted by atomic mass is 10.4. The molecule has 0 unspecified atom stereocenters. The van der Waals surface area contributed by atoms with Crippen LogP contribution in [0.4, 0.5) is 5.69 Å². The quantitative estimate of drug-likeness (QED) is 0.763. The Bertz CT molecular complexity index is 704. The summed E-state index contributed by atoms with van der Waals surface area (Å²) in [4.78, 5) is 1.01. The molecule has 116 valence electrons. The van der Waals surface area contributed by atoms with Crippen LogP contribution in [0.2, 0.25) is 0 Å². The maximum atomic E-state index is 12.3. The van der Waals surface area contributed by atoms with Gasteiger partial charge in [0.05, 0.1) is 11.4 Å². The number of thiophene rings is 1. The Labute approximate surface area is 129 Å². The van der Waals surface area contributed by atoms with E-state index in [2.05, 4.69) is 22.1 Å². The van der Waals surface area contributed by atoms with Gasteiger partial charge >= 0.3 is 0 Å². The van der Waals surface area contributed by atoms with Crippen LogP contribution in [-0.2, 0) is 23.6 Å². The Morgan fingerprint density at radius 1 is 1.38 bits per heavy atom. The van der Waals surface area contributed by atoms with Crippen molar-refractivity contribution in [1.82, 2.24) is 15.1 Å². The zero-order chi connectivity index (χ0) is 15.5. The van der Waals surface area contributed by atoms with E-state index in [0.717, 1.165) is 17.8 Å². The highest BCUT2D eigenvalue weighted by Gasteiger charge is 2.19. The number of hydrogen-bond donors (Lipinski definition) is 2. The minimum atomic E-state index is -3.54. The molecule has 0 saturated carbocycles. The second-order valence-electron chi connectivity index (χ2n) is 4.80. The van der Waals surface area contributed by atoms with Crippen LogP contribution in [0, 0.1) is 6.92 Å². The van der Waals surface area contributed by atoms with Gasteiger partial charge in [0.1, 0.15) is 4.21 Å². The maximum absolute atomic E-state index is 12.3. The minimum Gasteiger partial charge on any atom is -0.312 e. The molecule has 0 aliphatic carbocycles. The molecule has 8 heteroatoms. The van der Waals surface area contributed by atoms with Crippen LogP contribution in [0.5, 0.6) is 0 Å². The molecule has 0 aliphatic rings. The number of nitrogens with zero attached hydrogens (tertiary/aromatic N) is 2. The lowest BCUT2D eigenvalue weighted by Crippen LogP contribution is -2.13. The molecular weight excluding hydrogens is 308 g/mol. The lowest BCUT2D eigenvalue weighted by Gasteiger charge is -2.04. The lowest BCUT2D eigenvalue weighted by molar-refractivity contribution is 0.603. The third-order valence-corrected chi connectivity index (χ3v) is 5.83. The summed E-state index contributed by atoms with van der Waals surface area (Å²) in [5.74, 6) is 0. The number of aryl methyl sites for hydroxylation is 2. The van der Waals surface area contributed by atoms with Crippen LogP contribution < -0.4 is 10.0 Å². The van der Waals surface area contributed by atoms with Crippen LogP contribution in [-0.4, -0.2) is 24.7 Å². The van der Waals surface area contributed by atoms with Crippen molar-refractivity contribution in [2.45, 2.75) is 31.0 Å². The Hall–Kier alpha value is -1.38. The number of anilines is 1. The van der Waals surface area contributed by atoms with Crippen molar-refractivity contribution < 1.29 is 8.42 Å². The van der Waals surface area contributed by atoms with E-state index in [1.165, 1.54) is 11.3 Å². The molecular formula is C13H20N4O2S2. The van der Waals surface area contributed by atoms with Crippen LogP contribution in [0.15, 0.2) is 22.5 Å². The maximum Gasteiger partial charge on any atom is 0.271 e. The van der Waals surface area contributed by atoms with Gasteiger partial charge < -0.3 is 5.32 Å². The predicted octanol–water partition coefficient (Wildman–Crippen LogP) is 2.09. The first-order valence-electron chi connectivity index (χ1n) is 6.75. The molecule has 2 aromatic heterocycles. The van der Waals surface area contributed by atoms with Crippen molar-refractivity contribution in [2.75, 3.05) is 11.3 Å². The Kier molecular flexibility index (Phi) is 5.02. The van der Waals surface area contributed by atoms with Gasteiger partial charge in [-0.05, 0) is 32.0 Å². The molecule has 0 fully saturated rings. The van der Waals surface area contributed by atoms with E-state index in [9.17, 15) is 8.42 Å². The van der Waals surface area contributed by atoms with E-state index in [0.29, 0.717) is 22.1 Å². The third kappa shape index (κ3) is 4.05. The third-order valence-electron chi connectivity index (χ3n) is 2.89. The summed E-state index contributed by atoms with van der Waals surface area (Å²) in [6.07, 6.45) is 2.71. The molecule has 0 aliphatic heterocycles. The number of hydrogen-bond acceptors (Lipinski definition) is 5. The fourth-order valence-corrected chi connectivity index (χ4v) is 4.31. The average Bonchev–Trinajstić information content (AvgIpc) is 2.98. The molecule has 6 nitrogen and oxygen atoms in total. The first kappa shape index (κ1) is 16.0. The molecule has 2 aromatic rings. The molecule has 2 rings (SSSR count). The van der Waals surface area contributed by atoms with Gasteiger partial charge in [0.15, 0.2) is 0 Å². The summed E-state index contributed by atoms with van der Waals surface area (Å²) >= 11 is 1.28. The summed E-state index contributed by atoms with van der Waals surface area (Å²) < 4.78 is 29.2. The van der Waals surface area contributed by atoms with Crippen molar-refractivity contribution in [1.29, 1.82) is 0 Å². The molecule has 21 heavy (non-hydrogen) atoms. The molecule has 0 radical (unpaired) electrons.